The number of nitrogens with zero attached hydrogens (tertiary/aromatic N) is 2. The zero-order valence-corrected chi connectivity index (χ0v) is 10.2. The second-order valence-electron chi connectivity index (χ2n) is 4.00. The second kappa shape index (κ2) is 6.58. The summed E-state index contributed by atoms with van der Waals surface area (Å²) in [7, 11) is 0. The van der Waals surface area contributed by atoms with E-state index in [1.54, 1.807) is 0 Å². The summed E-state index contributed by atoms with van der Waals surface area (Å²) in [5.74, 6) is -1.19. The lowest BCUT2D eigenvalue weighted by Gasteiger charge is -2.17. The van der Waals surface area contributed by atoms with E-state index < -0.39 is 17.0 Å². The van der Waals surface area contributed by atoms with E-state index in [-0.39, 0.29) is 6.54 Å². The summed E-state index contributed by atoms with van der Waals surface area (Å²) in [5, 5.41) is 19.6. The Morgan fingerprint density at radius 1 is 1.44 bits per heavy atom. The van der Waals surface area contributed by atoms with E-state index >= 15 is 0 Å². The molecule has 0 saturated carbocycles. The number of carboxylic acids is 1. The molecular formula is C12H16N2O4. The first-order valence-electron chi connectivity index (χ1n) is 5.70. The fourth-order valence-corrected chi connectivity index (χ4v) is 1.63. The summed E-state index contributed by atoms with van der Waals surface area (Å²) in [4.78, 5) is 21.5. The van der Waals surface area contributed by atoms with Crippen molar-refractivity contribution in [3.8, 4) is 0 Å². The highest BCUT2D eigenvalue weighted by molar-refractivity contribution is 5.72. The van der Waals surface area contributed by atoms with Crippen LogP contribution in [0.1, 0.15) is 18.9 Å². The van der Waals surface area contributed by atoms with Gasteiger partial charge in [0.25, 0.3) is 0 Å². The van der Waals surface area contributed by atoms with Gasteiger partial charge in [-0.3, -0.25) is 0 Å². The maximum absolute atomic E-state index is 10.8. The number of carbonyl (C=O) groups is 1. The molecule has 0 aliphatic rings. The predicted octanol–water partition coefficient (Wildman–Crippen LogP) is 1.59. The fourth-order valence-electron chi connectivity index (χ4n) is 1.63. The molecule has 6 nitrogen and oxygen atoms in total. The van der Waals surface area contributed by atoms with Gasteiger partial charge in [0.1, 0.15) is 0 Å². The van der Waals surface area contributed by atoms with Crippen LogP contribution in [0.4, 0.5) is 0 Å². The van der Waals surface area contributed by atoms with E-state index in [0.29, 0.717) is 12.8 Å². The Balaban J connectivity index is 2.48. The molecule has 18 heavy (non-hydrogen) atoms. The average Bonchev–Trinajstić information content (AvgIpc) is 2.34. The summed E-state index contributed by atoms with van der Waals surface area (Å²) in [6.07, 6.45) is 1.24. The molecule has 1 aromatic carbocycles. The van der Waals surface area contributed by atoms with Crippen molar-refractivity contribution in [1.82, 2.24) is 5.01 Å². The molecule has 6 heteroatoms. The van der Waals surface area contributed by atoms with Crippen LogP contribution in [0.2, 0.25) is 0 Å². The SMILES string of the molecule is C[C@@H](C(=O)O)N(CCCc1ccccc1)[N+](=O)[O-]. The van der Waals surface area contributed by atoms with E-state index in [1.807, 2.05) is 30.3 Å². The van der Waals surface area contributed by atoms with Crippen molar-refractivity contribution >= 4 is 5.97 Å². The lowest BCUT2D eigenvalue weighted by atomic mass is 10.1. The number of carboxylic acid groups (broad SMARTS) is 1. The van der Waals surface area contributed by atoms with Gasteiger partial charge in [-0.25, -0.2) is 14.9 Å². The van der Waals surface area contributed by atoms with Crippen LogP contribution in [0, 0.1) is 10.1 Å². The number of aliphatic carboxylic acids is 1. The molecule has 0 radical (unpaired) electrons. The van der Waals surface area contributed by atoms with E-state index in [1.165, 1.54) is 6.92 Å². The quantitative estimate of drug-likeness (QED) is 0.588. The minimum absolute atomic E-state index is 0.120. The first-order valence-corrected chi connectivity index (χ1v) is 5.70. The molecule has 1 N–H and O–H groups in total. The maximum Gasteiger partial charge on any atom is 0.332 e. The van der Waals surface area contributed by atoms with Crippen LogP contribution >= 0.6 is 0 Å². The molecule has 0 spiro atoms. The number of hydrogen-bond acceptors (Lipinski definition) is 3. The topological polar surface area (TPSA) is 83.7 Å². The molecular weight excluding hydrogens is 236 g/mol. The van der Waals surface area contributed by atoms with Crippen LogP contribution < -0.4 is 0 Å². The zero-order valence-electron chi connectivity index (χ0n) is 10.2. The molecule has 98 valence electrons. The number of aryl methyl sites for hydroxylation is 1. The highest BCUT2D eigenvalue weighted by Gasteiger charge is 2.27. The Labute approximate surface area is 105 Å². The highest BCUT2D eigenvalue weighted by Crippen LogP contribution is 2.06. The van der Waals surface area contributed by atoms with Gasteiger partial charge in [-0.1, -0.05) is 30.3 Å². The molecule has 0 aliphatic heterocycles. The van der Waals surface area contributed by atoms with Gasteiger partial charge >= 0.3 is 5.97 Å². The standard InChI is InChI=1S/C12H16N2O4/c1-10(12(15)16)13(14(17)18)9-5-8-11-6-3-2-4-7-11/h2-4,6-7,10H,5,8-9H2,1H3,(H,15,16)/t10-/m0/s1. The third-order valence-electron chi connectivity index (χ3n) is 2.71. The third-order valence-corrected chi connectivity index (χ3v) is 2.71. The molecule has 1 atom stereocenters. The lowest BCUT2D eigenvalue weighted by Crippen LogP contribution is -2.43. The van der Waals surface area contributed by atoms with Gasteiger partial charge in [-0.2, -0.15) is 0 Å². The molecule has 0 heterocycles. The van der Waals surface area contributed by atoms with E-state index in [9.17, 15) is 14.9 Å². The number of hydrazine groups is 1. The minimum atomic E-state index is -1.19. The summed E-state index contributed by atoms with van der Waals surface area (Å²) in [6, 6.07) is 8.48. The predicted molar refractivity (Wildman–Crippen MR) is 65.6 cm³/mol. The number of benzene rings is 1. The fraction of sp³-hybridized carbons (Fsp3) is 0.417. The molecule has 0 amide bonds. The Morgan fingerprint density at radius 2 is 2.06 bits per heavy atom. The van der Waals surface area contributed by atoms with Crippen LogP contribution in [-0.4, -0.2) is 33.7 Å². The number of rotatable bonds is 7. The van der Waals surface area contributed by atoms with Gasteiger partial charge in [-0.05, 0) is 25.3 Å². The Hall–Kier alpha value is -2.11. The summed E-state index contributed by atoms with van der Waals surface area (Å²) < 4.78 is 0. The molecule has 0 bridgehead atoms. The van der Waals surface area contributed by atoms with Crippen LogP contribution in [-0.2, 0) is 11.2 Å². The van der Waals surface area contributed by atoms with Crippen molar-refractivity contribution in [1.29, 1.82) is 0 Å². The van der Waals surface area contributed by atoms with Crippen molar-refractivity contribution in [3.63, 3.8) is 0 Å². The summed E-state index contributed by atoms with van der Waals surface area (Å²) >= 11 is 0. The van der Waals surface area contributed by atoms with Crippen molar-refractivity contribution in [3.05, 3.63) is 46.0 Å². The summed E-state index contributed by atoms with van der Waals surface area (Å²) in [5.41, 5.74) is 1.09. The van der Waals surface area contributed by atoms with Gasteiger partial charge < -0.3 is 5.11 Å². The van der Waals surface area contributed by atoms with Crippen molar-refractivity contribution in [2.45, 2.75) is 25.8 Å². The first kappa shape index (κ1) is 14.0. The number of nitro groups is 1. The molecule has 1 aromatic rings. The van der Waals surface area contributed by atoms with Crippen LogP contribution in [0.15, 0.2) is 30.3 Å². The third kappa shape index (κ3) is 4.04. The van der Waals surface area contributed by atoms with Gasteiger partial charge in [0, 0.05) is 0 Å². The van der Waals surface area contributed by atoms with Crippen LogP contribution in [0.3, 0.4) is 0 Å². The Kier molecular flexibility index (Phi) is 5.10. The van der Waals surface area contributed by atoms with Gasteiger partial charge in [-0.15, -0.1) is 5.01 Å². The smallest absolute Gasteiger partial charge is 0.332 e. The molecule has 0 aliphatic carbocycles. The van der Waals surface area contributed by atoms with Gasteiger partial charge in [0.05, 0.1) is 6.54 Å². The largest absolute Gasteiger partial charge is 0.480 e. The van der Waals surface area contributed by atoms with E-state index in [2.05, 4.69) is 0 Å². The lowest BCUT2D eigenvalue weighted by molar-refractivity contribution is -0.660. The highest BCUT2D eigenvalue weighted by atomic mass is 16.7. The molecule has 0 saturated heterocycles. The Morgan fingerprint density at radius 3 is 2.56 bits per heavy atom. The molecule has 0 unspecified atom stereocenters. The first-order chi connectivity index (χ1) is 8.52. The normalized spacial score (nSPS) is 11.8. The Bertz CT molecular complexity index is 408. The van der Waals surface area contributed by atoms with Crippen LogP contribution in [0.5, 0.6) is 0 Å². The van der Waals surface area contributed by atoms with Crippen molar-refractivity contribution < 1.29 is 14.9 Å². The van der Waals surface area contributed by atoms with E-state index in [0.717, 1.165) is 10.6 Å². The zero-order chi connectivity index (χ0) is 13.5. The van der Waals surface area contributed by atoms with Crippen LogP contribution in [0.25, 0.3) is 0 Å². The molecule has 0 fully saturated rings. The van der Waals surface area contributed by atoms with E-state index in [4.69, 9.17) is 5.11 Å². The minimum Gasteiger partial charge on any atom is -0.480 e. The number of hydrogen-bond donors (Lipinski definition) is 1. The van der Waals surface area contributed by atoms with Crippen molar-refractivity contribution in [2.24, 2.45) is 0 Å². The second-order valence-corrected chi connectivity index (χ2v) is 4.00. The average molecular weight is 252 g/mol. The van der Waals surface area contributed by atoms with Gasteiger partial charge in [0.2, 0.25) is 0 Å². The van der Waals surface area contributed by atoms with Gasteiger partial charge in [0.15, 0.2) is 11.1 Å². The summed E-state index contributed by atoms with van der Waals surface area (Å²) in [6.45, 7) is 1.43. The molecule has 0 aromatic heterocycles. The van der Waals surface area contributed by atoms with Crippen molar-refractivity contribution in [2.75, 3.05) is 6.54 Å². The molecule has 1 rings (SSSR count). The maximum atomic E-state index is 10.8. The monoisotopic (exact) mass is 252 g/mol.